The largest absolute Gasteiger partial charge is 0.255 e. The molecule has 0 atom stereocenters. The Morgan fingerprint density at radius 3 is 2.59 bits per heavy atom. The van der Waals surface area contributed by atoms with Crippen LogP contribution in [0, 0.1) is 0 Å². The predicted molar refractivity (Wildman–Crippen MR) is 72.7 cm³/mol. The van der Waals surface area contributed by atoms with E-state index in [2.05, 4.69) is 38.0 Å². The van der Waals surface area contributed by atoms with Crippen molar-refractivity contribution in [2.45, 2.75) is 0 Å². The summed E-state index contributed by atoms with van der Waals surface area (Å²) < 4.78 is 0.968. The molecule has 0 saturated heterocycles. The van der Waals surface area contributed by atoms with Crippen LogP contribution >= 0.6 is 15.9 Å². The van der Waals surface area contributed by atoms with E-state index in [4.69, 9.17) is 0 Å². The molecule has 1 aromatic carbocycles. The number of hydrogen-bond donors (Lipinski definition) is 0. The zero-order valence-corrected chi connectivity index (χ0v) is 10.6. The van der Waals surface area contributed by atoms with Gasteiger partial charge in [0.2, 0.25) is 0 Å². The SMILES string of the molecule is Brc1cc2ccccc2nc1-c1ccccn1. The molecule has 2 aromatic heterocycles. The van der Waals surface area contributed by atoms with Crippen molar-refractivity contribution in [2.24, 2.45) is 0 Å². The number of nitrogens with zero attached hydrogens (tertiary/aromatic N) is 2. The van der Waals surface area contributed by atoms with Crippen LogP contribution in [0.1, 0.15) is 0 Å². The first-order valence-corrected chi connectivity index (χ1v) is 6.10. The van der Waals surface area contributed by atoms with Crippen molar-refractivity contribution in [1.29, 1.82) is 0 Å². The molecule has 3 aromatic rings. The van der Waals surface area contributed by atoms with Crippen LogP contribution in [-0.2, 0) is 0 Å². The molecule has 0 aliphatic rings. The van der Waals surface area contributed by atoms with Crippen LogP contribution in [-0.4, -0.2) is 9.97 Å². The average molecular weight is 285 g/mol. The molecule has 0 bridgehead atoms. The molecule has 0 spiro atoms. The minimum Gasteiger partial charge on any atom is -0.255 e. The monoisotopic (exact) mass is 284 g/mol. The minimum absolute atomic E-state index is 0.879. The van der Waals surface area contributed by atoms with Gasteiger partial charge in [0, 0.05) is 16.1 Å². The molecular weight excluding hydrogens is 276 g/mol. The normalized spacial score (nSPS) is 10.6. The Bertz CT molecular complexity index is 665. The van der Waals surface area contributed by atoms with Gasteiger partial charge in [-0.05, 0) is 40.2 Å². The van der Waals surface area contributed by atoms with E-state index in [1.54, 1.807) is 6.20 Å². The number of hydrogen-bond acceptors (Lipinski definition) is 2. The number of para-hydroxylation sites is 1. The van der Waals surface area contributed by atoms with Crippen molar-refractivity contribution in [1.82, 2.24) is 9.97 Å². The molecule has 0 radical (unpaired) electrons. The zero-order valence-electron chi connectivity index (χ0n) is 8.97. The minimum atomic E-state index is 0.879. The third-order valence-corrected chi connectivity index (χ3v) is 3.19. The molecular formula is C14H9BrN2. The van der Waals surface area contributed by atoms with Gasteiger partial charge in [-0.3, -0.25) is 4.98 Å². The highest BCUT2D eigenvalue weighted by Gasteiger charge is 2.07. The lowest BCUT2D eigenvalue weighted by molar-refractivity contribution is 1.27. The Balaban J connectivity index is 2.27. The summed E-state index contributed by atoms with van der Waals surface area (Å²) in [6.45, 7) is 0. The smallest absolute Gasteiger partial charge is 0.104 e. The molecule has 0 aliphatic carbocycles. The summed E-state index contributed by atoms with van der Waals surface area (Å²) in [5.74, 6) is 0. The van der Waals surface area contributed by atoms with E-state index in [1.807, 2.05) is 36.4 Å². The van der Waals surface area contributed by atoms with E-state index in [1.165, 1.54) is 0 Å². The third-order valence-electron chi connectivity index (χ3n) is 2.58. The lowest BCUT2D eigenvalue weighted by atomic mass is 10.2. The topological polar surface area (TPSA) is 25.8 Å². The number of rotatable bonds is 1. The van der Waals surface area contributed by atoms with Crippen LogP contribution in [0.3, 0.4) is 0 Å². The maximum absolute atomic E-state index is 4.64. The molecule has 0 unspecified atom stereocenters. The fraction of sp³-hybridized carbons (Fsp3) is 0. The van der Waals surface area contributed by atoms with E-state index in [9.17, 15) is 0 Å². The molecule has 0 N–H and O–H groups in total. The van der Waals surface area contributed by atoms with Crippen LogP contribution in [0.5, 0.6) is 0 Å². The van der Waals surface area contributed by atoms with Crippen molar-refractivity contribution >= 4 is 26.8 Å². The molecule has 2 nitrogen and oxygen atoms in total. The van der Waals surface area contributed by atoms with Crippen molar-refractivity contribution < 1.29 is 0 Å². The quantitative estimate of drug-likeness (QED) is 0.673. The van der Waals surface area contributed by atoms with Gasteiger partial charge in [-0.25, -0.2) is 4.98 Å². The Morgan fingerprint density at radius 2 is 1.76 bits per heavy atom. The highest BCUT2D eigenvalue weighted by molar-refractivity contribution is 9.10. The third kappa shape index (κ3) is 1.94. The number of fused-ring (bicyclic) bond motifs is 1. The second kappa shape index (κ2) is 4.26. The van der Waals surface area contributed by atoms with E-state index >= 15 is 0 Å². The first-order chi connectivity index (χ1) is 8.34. The van der Waals surface area contributed by atoms with Gasteiger partial charge in [-0.15, -0.1) is 0 Å². The van der Waals surface area contributed by atoms with Gasteiger partial charge in [-0.1, -0.05) is 24.3 Å². The summed E-state index contributed by atoms with van der Waals surface area (Å²) in [5.41, 5.74) is 2.74. The lowest BCUT2D eigenvalue weighted by Crippen LogP contribution is -1.89. The molecule has 0 saturated carbocycles. The fourth-order valence-electron chi connectivity index (χ4n) is 1.77. The van der Waals surface area contributed by atoms with Crippen molar-refractivity contribution in [2.75, 3.05) is 0 Å². The predicted octanol–water partition coefficient (Wildman–Crippen LogP) is 4.06. The van der Waals surface area contributed by atoms with E-state index in [0.717, 1.165) is 26.8 Å². The second-order valence-corrected chi connectivity index (χ2v) is 4.58. The lowest BCUT2D eigenvalue weighted by Gasteiger charge is -2.05. The number of benzene rings is 1. The van der Waals surface area contributed by atoms with Crippen molar-refractivity contribution in [3.05, 3.63) is 59.2 Å². The molecule has 17 heavy (non-hydrogen) atoms. The molecule has 82 valence electrons. The first kappa shape index (κ1) is 10.4. The van der Waals surface area contributed by atoms with Crippen LogP contribution < -0.4 is 0 Å². The summed E-state index contributed by atoms with van der Waals surface area (Å²) in [6, 6.07) is 16.0. The van der Waals surface area contributed by atoms with Crippen LogP contribution in [0.2, 0.25) is 0 Å². The second-order valence-electron chi connectivity index (χ2n) is 3.73. The summed E-state index contributed by atoms with van der Waals surface area (Å²) in [6.07, 6.45) is 1.78. The Morgan fingerprint density at radius 1 is 0.941 bits per heavy atom. The standard InChI is InChI=1S/C14H9BrN2/c15-11-9-10-5-1-2-6-12(10)17-14(11)13-7-3-4-8-16-13/h1-9H. The van der Waals surface area contributed by atoms with Gasteiger partial charge in [0.15, 0.2) is 0 Å². The van der Waals surface area contributed by atoms with Gasteiger partial charge >= 0.3 is 0 Å². The summed E-state index contributed by atoms with van der Waals surface area (Å²) in [5, 5.41) is 1.12. The van der Waals surface area contributed by atoms with Gasteiger partial charge in [0.1, 0.15) is 5.69 Å². The maximum atomic E-state index is 4.64. The average Bonchev–Trinajstić information content (AvgIpc) is 2.39. The van der Waals surface area contributed by atoms with Crippen LogP contribution in [0.4, 0.5) is 0 Å². The molecule has 2 heterocycles. The van der Waals surface area contributed by atoms with Gasteiger partial charge in [0.05, 0.1) is 11.2 Å². The molecule has 0 fully saturated rings. The van der Waals surface area contributed by atoms with E-state index < -0.39 is 0 Å². The number of aromatic nitrogens is 2. The highest BCUT2D eigenvalue weighted by atomic mass is 79.9. The van der Waals surface area contributed by atoms with Gasteiger partial charge in [-0.2, -0.15) is 0 Å². The van der Waals surface area contributed by atoms with Gasteiger partial charge in [0.25, 0.3) is 0 Å². The molecule has 3 heteroatoms. The molecule has 0 aliphatic heterocycles. The first-order valence-electron chi connectivity index (χ1n) is 5.31. The number of halogens is 1. The Kier molecular flexibility index (Phi) is 2.61. The fourth-order valence-corrected chi connectivity index (χ4v) is 2.31. The van der Waals surface area contributed by atoms with E-state index in [0.29, 0.717) is 0 Å². The highest BCUT2D eigenvalue weighted by Crippen LogP contribution is 2.28. The van der Waals surface area contributed by atoms with Gasteiger partial charge < -0.3 is 0 Å². The maximum Gasteiger partial charge on any atom is 0.104 e. The molecule has 0 amide bonds. The zero-order chi connectivity index (χ0) is 11.7. The van der Waals surface area contributed by atoms with Crippen LogP contribution in [0.25, 0.3) is 22.3 Å². The number of pyridine rings is 2. The summed E-state index contributed by atoms with van der Waals surface area (Å²) in [7, 11) is 0. The van der Waals surface area contributed by atoms with Crippen LogP contribution in [0.15, 0.2) is 59.2 Å². The Labute approximate surface area is 107 Å². The summed E-state index contributed by atoms with van der Waals surface area (Å²) >= 11 is 3.55. The van der Waals surface area contributed by atoms with Crippen molar-refractivity contribution in [3.63, 3.8) is 0 Å². The summed E-state index contributed by atoms with van der Waals surface area (Å²) in [4.78, 5) is 8.96. The molecule has 3 rings (SSSR count). The Hall–Kier alpha value is -1.74. The van der Waals surface area contributed by atoms with E-state index in [-0.39, 0.29) is 0 Å². The van der Waals surface area contributed by atoms with Crippen molar-refractivity contribution in [3.8, 4) is 11.4 Å².